The lowest BCUT2D eigenvalue weighted by Crippen LogP contribution is -2.46. The number of methoxy groups -OCH3 is 1. The van der Waals surface area contributed by atoms with Crippen LogP contribution in [0.3, 0.4) is 0 Å². The lowest BCUT2D eigenvalue weighted by molar-refractivity contribution is -0.00676. The number of rotatable bonds is 3. The summed E-state index contributed by atoms with van der Waals surface area (Å²) in [4.78, 5) is 17.4. The molecule has 33 heavy (non-hydrogen) atoms. The van der Waals surface area contributed by atoms with Crippen molar-refractivity contribution in [3.8, 4) is 5.75 Å². The van der Waals surface area contributed by atoms with Crippen LogP contribution in [0.4, 0.5) is 4.39 Å². The second-order valence-electron chi connectivity index (χ2n) is 8.97. The first-order valence-electron chi connectivity index (χ1n) is 11.7. The van der Waals surface area contributed by atoms with E-state index >= 15 is 0 Å². The molecule has 5 nitrogen and oxygen atoms in total. The van der Waals surface area contributed by atoms with Gasteiger partial charge in [0.05, 0.1) is 11.1 Å². The molecule has 2 heterocycles. The zero-order valence-electron chi connectivity index (χ0n) is 19.1. The molecule has 0 aliphatic carbocycles. The van der Waals surface area contributed by atoms with Crippen LogP contribution in [0.15, 0.2) is 42.5 Å². The average Bonchev–Trinajstić information content (AvgIpc) is 2.83. The van der Waals surface area contributed by atoms with Gasteiger partial charge in [-0.1, -0.05) is 30.2 Å². The molecule has 1 fully saturated rings. The molecule has 0 unspecified atom stereocenters. The minimum Gasteiger partial charge on any atom is -0.492 e. The fraction of sp³-hybridized carbons (Fsp3) is 0.500. The van der Waals surface area contributed by atoms with Gasteiger partial charge in [0, 0.05) is 44.8 Å². The van der Waals surface area contributed by atoms with Crippen LogP contribution in [0.2, 0.25) is 5.02 Å². The molecule has 0 aromatic heterocycles. The summed E-state index contributed by atoms with van der Waals surface area (Å²) in [7, 11) is 1.77. The highest BCUT2D eigenvalue weighted by molar-refractivity contribution is 6.30. The molecule has 2 aromatic carbocycles. The molecule has 0 saturated carbocycles. The van der Waals surface area contributed by atoms with Crippen molar-refractivity contribution >= 4 is 17.5 Å². The van der Waals surface area contributed by atoms with Crippen LogP contribution in [-0.2, 0) is 11.3 Å². The molecule has 0 spiro atoms. The van der Waals surface area contributed by atoms with Crippen molar-refractivity contribution in [1.82, 2.24) is 9.80 Å². The molecule has 4 bridgehead atoms. The maximum Gasteiger partial charge on any atom is 0.254 e. The van der Waals surface area contributed by atoms with Gasteiger partial charge >= 0.3 is 0 Å². The second kappa shape index (κ2) is 11.3. The molecular weight excluding hydrogens is 443 g/mol. The Bertz CT molecular complexity index is 957. The van der Waals surface area contributed by atoms with E-state index in [0.717, 1.165) is 44.3 Å². The largest absolute Gasteiger partial charge is 0.492 e. The Morgan fingerprint density at radius 2 is 2.00 bits per heavy atom. The summed E-state index contributed by atoms with van der Waals surface area (Å²) in [5.74, 6) is 0.687. The smallest absolute Gasteiger partial charge is 0.254 e. The Balaban J connectivity index is 1.50. The molecule has 4 rings (SSSR count). The number of amides is 1. The van der Waals surface area contributed by atoms with Crippen LogP contribution in [0, 0.1) is 11.7 Å². The normalized spacial score (nSPS) is 22.9. The first-order chi connectivity index (χ1) is 16.0. The van der Waals surface area contributed by atoms with Gasteiger partial charge in [-0.15, -0.1) is 0 Å². The van der Waals surface area contributed by atoms with Gasteiger partial charge in [-0.3, -0.25) is 9.69 Å². The number of ether oxygens (including phenoxy) is 2. The molecule has 2 atom stereocenters. The number of hydrogen-bond acceptors (Lipinski definition) is 4. The third kappa shape index (κ3) is 6.25. The van der Waals surface area contributed by atoms with Crippen LogP contribution in [-0.4, -0.2) is 61.7 Å². The summed E-state index contributed by atoms with van der Waals surface area (Å²) in [6.07, 6.45) is 4.13. The number of fused-ring (bicyclic) bond motifs is 4. The first-order valence-corrected chi connectivity index (χ1v) is 12.1. The quantitative estimate of drug-likeness (QED) is 0.626. The van der Waals surface area contributed by atoms with E-state index in [-0.39, 0.29) is 17.0 Å². The number of carbonyl (C=O) groups is 1. The first kappa shape index (κ1) is 24.0. The van der Waals surface area contributed by atoms with Crippen molar-refractivity contribution in [2.45, 2.75) is 38.3 Å². The molecule has 2 aromatic rings. The summed E-state index contributed by atoms with van der Waals surface area (Å²) in [5.41, 5.74) is 1.55. The van der Waals surface area contributed by atoms with E-state index in [1.165, 1.54) is 6.07 Å². The van der Waals surface area contributed by atoms with Crippen LogP contribution >= 0.6 is 11.6 Å². The SMILES string of the molecule is CO[C@H]1CCN2C[C@H]1CCCCN(Cc1ccc(Cl)c(F)c1)CCOc1cccc(c1)C2=O. The molecule has 1 saturated heterocycles. The van der Waals surface area contributed by atoms with Gasteiger partial charge in [-0.25, -0.2) is 4.39 Å². The van der Waals surface area contributed by atoms with Gasteiger partial charge in [-0.05, 0) is 61.7 Å². The maximum absolute atomic E-state index is 13.9. The van der Waals surface area contributed by atoms with Gasteiger partial charge in [-0.2, -0.15) is 0 Å². The topological polar surface area (TPSA) is 42.0 Å². The van der Waals surface area contributed by atoms with Gasteiger partial charge in [0.25, 0.3) is 5.91 Å². The monoisotopic (exact) mass is 474 g/mol. The number of hydrogen-bond donors (Lipinski definition) is 0. The summed E-state index contributed by atoms with van der Waals surface area (Å²) in [6.45, 7) is 4.15. The summed E-state index contributed by atoms with van der Waals surface area (Å²) >= 11 is 5.85. The minimum atomic E-state index is -0.391. The van der Waals surface area contributed by atoms with Crippen molar-refractivity contribution in [3.05, 3.63) is 64.4 Å². The Morgan fingerprint density at radius 1 is 1.12 bits per heavy atom. The second-order valence-corrected chi connectivity index (χ2v) is 9.38. The number of piperidine rings is 1. The van der Waals surface area contributed by atoms with Gasteiger partial charge < -0.3 is 14.4 Å². The highest BCUT2D eigenvalue weighted by Gasteiger charge is 2.31. The third-order valence-electron chi connectivity index (χ3n) is 6.70. The molecule has 178 valence electrons. The number of benzene rings is 2. The highest BCUT2D eigenvalue weighted by atomic mass is 35.5. The number of nitrogens with zero attached hydrogens (tertiary/aromatic N) is 2. The number of carbonyl (C=O) groups excluding carboxylic acids is 1. The fourth-order valence-electron chi connectivity index (χ4n) is 4.88. The lowest BCUT2D eigenvalue weighted by Gasteiger charge is -2.38. The van der Waals surface area contributed by atoms with Crippen LogP contribution in [0.1, 0.15) is 41.6 Å². The molecule has 7 heteroatoms. The van der Waals surface area contributed by atoms with E-state index in [4.69, 9.17) is 21.1 Å². The van der Waals surface area contributed by atoms with Gasteiger partial charge in [0.2, 0.25) is 0 Å². The van der Waals surface area contributed by atoms with E-state index in [1.807, 2.05) is 35.2 Å². The summed E-state index contributed by atoms with van der Waals surface area (Å²) < 4.78 is 25.7. The van der Waals surface area contributed by atoms with Crippen molar-refractivity contribution in [1.29, 1.82) is 0 Å². The Hall–Kier alpha value is -2.15. The average molecular weight is 475 g/mol. The standard InChI is InChI=1S/C26H32ClFN2O3/c1-32-25-10-12-30-18-21(25)5-2-3-11-29(17-19-8-9-23(27)24(28)15-19)13-14-33-22-7-4-6-20(16-22)26(30)31/h4,6-9,15-16,21,25H,2-3,5,10-14,17-18H2,1H3/t21-,25+/m1/s1. The van der Waals surface area contributed by atoms with Gasteiger partial charge in [0.1, 0.15) is 18.2 Å². The van der Waals surface area contributed by atoms with E-state index in [1.54, 1.807) is 13.2 Å². The Morgan fingerprint density at radius 3 is 2.82 bits per heavy atom. The van der Waals surface area contributed by atoms with Crippen molar-refractivity contribution in [2.75, 3.05) is 39.9 Å². The Kier molecular flexibility index (Phi) is 8.23. The van der Waals surface area contributed by atoms with E-state index in [2.05, 4.69) is 4.90 Å². The molecule has 2 aliphatic heterocycles. The van der Waals surface area contributed by atoms with E-state index in [0.29, 0.717) is 43.5 Å². The zero-order chi connectivity index (χ0) is 23.2. The maximum atomic E-state index is 13.9. The molecule has 0 N–H and O–H groups in total. The van der Waals surface area contributed by atoms with Crippen LogP contribution in [0.25, 0.3) is 0 Å². The van der Waals surface area contributed by atoms with E-state index in [9.17, 15) is 9.18 Å². The molecule has 0 radical (unpaired) electrons. The van der Waals surface area contributed by atoms with Crippen LogP contribution < -0.4 is 4.74 Å². The van der Waals surface area contributed by atoms with Crippen molar-refractivity contribution in [2.24, 2.45) is 5.92 Å². The predicted octanol–water partition coefficient (Wildman–Crippen LogP) is 5.02. The van der Waals surface area contributed by atoms with E-state index < -0.39 is 5.82 Å². The lowest BCUT2D eigenvalue weighted by atomic mass is 9.89. The van der Waals surface area contributed by atoms with Crippen molar-refractivity contribution < 1.29 is 18.7 Å². The number of halogens is 2. The molecule has 2 aliphatic rings. The predicted molar refractivity (Wildman–Crippen MR) is 127 cm³/mol. The third-order valence-corrected chi connectivity index (χ3v) is 7.01. The zero-order valence-corrected chi connectivity index (χ0v) is 19.9. The fourth-order valence-corrected chi connectivity index (χ4v) is 5.00. The minimum absolute atomic E-state index is 0.0567. The summed E-state index contributed by atoms with van der Waals surface area (Å²) in [5, 5.41) is 0.141. The van der Waals surface area contributed by atoms with Crippen LogP contribution in [0.5, 0.6) is 5.75 Å². The summed E-state index contributed by atoms with van der Waals surface area (Å²) in [6, 6.07) is 12.4. The molecule has 1 amide bonds. The molecular formula is C26H32ClFN2O3. The Labute approximate surface area is 200 Å². The highest BCUT2D eigenvalue weighted by Crippen LogP contribution is 2.27. The van der Waals surface area contributed by atoms with Gasteiger partial charge in [0.15, 0.2) is 0 Å². The van der Waals surface area contributed by atoms with Crippen molar-refractivity contribution in [3.63, 3.8) is 0 Å².